The van der Waals surface area contributed by atoms with Crippen LogP contribution in [0.15, 0.2) is 53.4 Å². The summed E-state index contributed by atoms with van der Waals surface area (Å²) in [6.45, 7) is 0.508. The molecule has 0 aliphatic carbocycles. The first-order chi connectivity index (χ1) is 13.4. The van der Waals surface area contributed by atoms with Crippen LogP contribution in [0, 0.1) is 0 Å². The molecule has 1 N–H and O–H groups in total. The predicted molar refractivity (Wildman–Crippen MR) is 114 cm³/mol. The van der Waals surface area contributed by atoms with Crippen LogP contribution < -0.4 is 4.74 Å². The third-order valence-electron chi connectivity index (χ3n) is 3.92. The van der Waals surface area contributed by atoms with Gasteiger partial charge >= 0.3 is 5.97 Å². The number of hydrogen-bond donors (Lipinski definition) is 1. The minimum atomic E-state index is -0.966. The quantitative estimate of drug-likeness (QED) is 0.508. The van der Waals surface area contributed by atoms with Crippen molar-refractivity contribution < 1.29 is 19.4 Å². The summed E-state index contributed by atoms with van der Waals surface area (Å²) in [6, 6.07) is 14.8. The average molecular weight is 434 g/mol. The number of nitrogens with zero attached hydrogens (tertiary/aromatic N) is 1. The summed E-state index contributed by atoms with van der Waals surface area (Å²) in [6.07, 6.45) is 1.60. The number of carboxylic acids is 1. The molecule has 1 aliphatic heterocycles. The third-order valence-corrected chi connectivity index (χ3v) is 5.55. The lowest BCUT2D eigenvalue weighted by Gasteiger charge is -2.12. The van der Waals surface area contributed by atoms with Crippen molar-refractivity contribution in [3.05, 3.63) is 69.6 Å². The van der Waals surface area contributed by atoms with Gasteiger partial charge in [-0.25, -0.2) is 0 Å². The topological polar surface area (TPSA) is 66.8 Å². The van der Waals surface area contributed by atoms with Crippen molar-refractivity contribution in [1.82, 2.24) is 4.90 Å². The molecule has 28 heavy (non-hydrogen) atoms. The zero-order valence-electron chi connectivity index (χ0n) is 14.6. The molecule has 0 unspecified atom stereocenters. The molecule has 5 nitrogen and oxygen atoms in total. The molecule has 3 rings (SSSR count). The minimum Gasteiger partial charge on any atom is -0.489 e. The zero-order chi connectivity index (χ0) is 20.1. The van der Waals surface area contributed by atoms with Crippen molar-refractivity contribution in [1.29, 1.82) is 0 Å². The number of aliphatic carboxylic acids is 1. The number of thioether (sulfide) groups is 1. The van der Waals surface area contributed by atoms with E-state index in [2.05, 4.69) is 0 Å². The number of carbonyl (C=O) groups excluding carboxylic acids is 1. The SMILES string of the molecule is O=C(O)CCN1C(=O)/C(=C\c2ccc(OCc3ccc(Cl)cc3)cc2)SC1=S. The summed E-state index contributed by atoms with van der Waals surface area (Å²) in [4.78, 5) is 24.9. The molecule has 2 aromatic carbocycles. The molecule has 144 valence electrons. The van der Waals surface area contributed by atoms with Gasteiger partial charge in [-0.15, -0.1) is 0 Å². The van der Waals surface area contributed by atoms with Crippen molar-refractivity contribution in [2.45, 2.75) is 13.0 Å². The van der Waals surface area contributed by atoms with Gasteiger partial charge in [-0.2, -0.15) is 0 Å². The molecule has 1 saturated heterocycles. The lowest BCUT2D eigenvalue weighted by Crippen LogP contribution is -2.30. The number of hydrogen-bond acceptors (Lipinski definition) is 5. The van der Waals surface area contributed by atoms with Gasteiger partial charge in [0.05, 0.1) is 11.3 Å². The van der Waals surface area contributed by atoms with E-state index >= 15 is 0 Å². The Morgan fingerprint density at radius 2 is 1.86 bits per heavy atom. The summed E-state index contributed by atoms with van der Waals surface area (Å²) in [5, 5.41) is 9.46. The van der Waals surface area contributed by atoms with E-state index in [1.165, 1.54) is 16.7 Å². The van der Waals surface area contributed by atoms with Crippen LogP contribution in [0.3, 0.4) is 0 Å². The number of ether oxygens (including phenoxy) is 1. The van der Waals surface area contributed by atoms with Crippen LogP contribution in [-0.2, 0) is 16.2 Å². The number of halogens is 1. The summed E-state index contributed by atoms with van der Waals surface area (Å²) < 4.78 is 6.12. The Labute approximate surface area is 176 Å². The lowest BCUT2D eigenvalue weighted by molar-refractivity contribution is -0.137. The summed E-state index contributed by atoms with van der Waals surface area (Å²) in [5.41, 5.74) is 1.84. The van der Waals surface area contributed by atoms with Crippen molar-refractivity contribution in [2.75, 3.05) is 6.54 Å². The zero-order valence-corrected chi connectivity index (χ0v) is 17.0. The molecular formula is C20H16ClNO4S2. The molecule has 2 aromatic rings. The first kappa shape index (κ1) is 20.4. The van der Waals surface area contributed by atoms with Crippen LogP contribution in [0.1, 0.15) is 17.5 Å². The van der Waals surface area contributed by atoms with Gasteiger partial charge in [-0.05, 0) is 41.5 Å². The van der Waals surface area contributed by atoms with E-state index in [-0.39, 0.29) is 18.9 Å². The summed E-state index contributed by atoms with van der Waals surface area (Å²) in [5.74, 6) is -0.521. The van der Waals surface area contributed by atoms with E-state index in [9.17, 15) is 9.59 Å². The molecule has 0 atom stereocenters. The van der Waals surface area contributed by atoms with Crippen LogP contribution in [0.5, 0.6) is 5.75 Å². The predicted octanol–water partition coefficient (Wildman–Crippen LogP) is 4.59. The van der Waals surface area contributed by atoms with Gasteiger partial charge in [-0.1, -0.05) is 59.8 Å². The first-order valence-electron chi connectivity index (χ1n) is 8.37. The summed E-state index contributed by atoms with van der Waals surface area (Å²) in [7, 11) is 0. The van der Waals surface area contributed by atoms with Crippen LogP contribution in [0.4, 0.5) is 0 Å². The minimum absolute atomic E-state index is 0.0782. The molecule has 1 aliphatic rings. The van der Waals surface area contributed by atoms with Crippen LogP contribution >= 0.6 is 35.6 Å². The van der Waals surface area contributed by atoms with E-state index in [1.807, 2.05) is 48.5 Å². The maximum Gasteiger partial charge on any atom is 0.305 e. The van der Waals surface area contributed by atoms with Gasteiger partial charge in [0.2, 0.25) is 0 Å². The van der Waals surface area contributed by atoms with Crippen LogP contribution in [0.2, 0.25) is 5.02 Å². The molecule has 0 bridgehead atoms. The molecule has 0 saturated carbocycles. The Morgan fingerprint density at radius 3 is 2.50 bits per heavy atom. The fourth-order valence-electron chi connectivity index (χ4n) is 2.46. The molecule has 0 aromatic heterocycles. The number of amides is 1. The van der Waals surface area contributed by atoms with E-state index in [4.69, 9.17) is 33.7 Å². The monoisotopic (exact) mass is 433 g/mol. The van der Waals surface area contributed by atoms with E-state index in [0.29, 0.717) is 26.6 Å². The highest BCUT2D eigenvalue weighted by atomic mass is 35.5. The normalized spacial score (nSPS) is 15.3. The second-order valence-corrected chi connectivity index (χ2v) is 8.07. The van der Waals surface area contributed by atoms with E-state index in [1.54, 1.807) is 6.08 Å². The molecule has 0 spiro atoms. The Balaban J connectivity index is 1.61. The van der Waals surface area contributed by atoms with Gasteiger partial charge in [0.25, 0.3) is 5.91 Å². The lowest BCUT2D eigenvalue weighted by atomic mass is 10.2. The smallest absolute Gasteiger partial charge is 0.305 e. The van der Waals surface area contributed by atoms with Gasteiger partial charge in [0.1, 0.15) is 16.7 Å². The average Bonchev–Trinajstić information content (AvgIpc) is 2.93. The Morgan fingerprint density at radius 1 is 1.18 bits per heavy atom. The number of rotatable bonds is 7. The summed E-state index contributed by atoms with van der Waals surface area (Å²) >= 11 is 12.2. The van der Waals surface area contributed by atoms with Gasteiger partial charge in [0.15, 0.2) is 0 Å². The fraction of sp³-hybridized carbons (Fsp3) is 0.150. The maximum atomic E-state index is 12.4. The molecule has 1 fully saturated rings. The van der Waals surface area contributed by atoms with Crippen LogP contribution in [-0.4, -0.2) is 32.7 Å². The standard InChI is InChI=1S/C20H16ClNO4S2/c21-15-5-1-14(2-6-15)12-26-16-7-3-13(4-8-16)11-17-19(25)22(20(27)28-17)10-9-18(23)24/h1-8,11H,9-10,12H2,(H,23,24)/b17-11+. The highest BCUT2D eigenvalue weighted by Gasteiger charge is 2.31. The molecular weight excluding hydrogens is 418 g/mol. The van der Waals surface area contributed by atoms with Gasteiger partial charge < -0.3 is 9.84 Å². The largest absolute Gasteiger partial charge is 0.489 e. The fourth-order valence-corrected chi connectivity index (χ4v) is 3.89. The van der Waals surface area contributed by atoms with Crippen LogP contribution in [0.25, 0.3) is 6.08 Å². The first-order valence-corrected chi connectivity index (χ1v) is 9.97. The van der Waals surface area contributed by atoms with Crippen molar-refractivity contribution in [2.24, 2.45) is 0 Å². The van der Waals surface area contributed by atoms with Gasteiger partial charge in [0, 0.05) is 11.6 Å². The number of carbonyl (C=O) groups is 2. The molecule has 1 amide bonds. The second kappa shape index (κ2) is 9.23. The van der Waals surface area contributed by atoms with E-state index in [0.717, 1.165) is 11.1 Å². The highest BCUT2D eigenvalue weighted by molar-refractivity contribution is 8.26. The number of carboxylic acid groups (broad SMARTS) is 1. The molecule has 0 radical (unpaired) electrons. The number of thiocarbonyl (C=S) groups is 1. The van der Waals surface area contributed by atoms with E-state index < -0.39 is 5.97 Å². The van der Waals surface area contributed by atoms with Gasteiger partial charge in [-0.3, -0.25) is 14.5 Å². The van der Waals surface area contributed by atoms with Crippen molar-refractivity contribution in [3.8, 4) is 5.75 Å². The van der Waals surface area contributed by atoms with Crippen molar-refractivity contribution >= 4 is 57.9 Å². The third kappa shape index (κ3) is 5.34. The highest BCUT2D eigenvalue weighted by Crippen LogP contribution is 2.32. The Kier molecular flexibility index (Phi) is 6.72. The maximum absolute atomic E-state index is 12.4. The molecule has 1 heterocycles. The Bertz CT molecular complexity index is 926. The Hall–Kier alpha value is -2.35. The number of benzene rings is 2. The second-order valence-electron chi connectivity index (χ2n) is 5.96. The van der Waals surface area contributed by atoms with Crippen molar-refractivity contribution in [3.63, 3.8) is 0 Å². The molecule has 8 heteroatoms.